The minimum Gasteiger partial charge on any atom is -0.337 e. The number of nitrogens with two attached hydrogens (primary N) is 1. The van der Waals surface area contributed by atoms with E-state index in [4.69, 9.17) is 5.73 Å². The molecule has 1 amide bonds. The molecular formula is C12H18N2OS. The Balaban J connectivity index is 2.12. The Morgan fingerprint density at radius 2 is 2.38 bits per heavy atom. The number of carbonyl (C=O) groups excluding carboxylic acids is 1. The topological polar surface area (TPSA) is 46.3 Å². The molecule has 0 spiro atoms. The van der Waals surface area contributed by atoms with E-state index in [1.807, 2.05) is 18.7 Å². The molecule has 2 N–H and O–H groups in total. The standard InChI is InChI=1S/C12H18N2OS/c1-12(2,8-13)11(15)14-5-3-10-9(7-14)4-6-16-10/h4,6H,3,5,7-8,13H2,1-2H3. The largest absolute Gasteiger partial charge is 0.337 e. The van der Waals surface area contributed by atoms with Crippen molar-refractivity contribution in [1.29, 1.82) is 0 Å². The van der Waals surface area contributed by atoms with Crippen molar-refractivity contribution in [1.82, 2.24) is 4.90 Å². The molecule has 2 heterocycles. The van der Waals surface area contributed by atoms with Gasteiger partial charge in [-0.05, 0) is 37.3 Å². The number of amides is 1. The van der Waals surface area contributed by atoms with Crippen LogP contribution in [-0.4, -0.2) is 23.9 Å². The first-order valence-electron chi connectivity index (χ1n) is 5.59. The van der Waals surface area contributed by atoms with E-state index in [1.54, 1.807) is 11.3 Å². The van der Waals surface area contributed by atoms with E-state index in [0.29, 0.717) is 6.54 Å². The van der Waals surface area contributed by atoms with Gasteiger partial charge in [-0.1, -0.05) is 0 Å². The van der Waals surface area contributed by atoms with Crippen LogP contribution in [0, 0.1) is 5.41 Å². The highest BCUT2D eigenvalue weighted by Gasteiger charge is 2.32. The van der Waals surface area contributed by atoms with Gasteiger partial charge >= 0.3 is 0 Å². The van der Waals surface area contributed by atoms with Crippen molar-refractivity contribution in [3.8, 4) is 0 Å². The summed E-state index contributed by atoms with van der Waals surface area (Å²) in [5, 5.41) is 2.10. The molecule has 1 aliphatic heterocycles. The number of nitrogens with zero attached hydrogens (tertiary/aromatic N) is 1. The summed E-state index contributed by atoms with van der Waals surface area (Å²) < 4.78 is 0. The van der Waals surface area contributed by atoms with Gasteiger partial charge in [0.25, 0.3) is 0 Å². The first kappa shape index (κ1) is 11.6. The Kier molecular flexibility index (Phi) is 3.04. The van der Waals surface area contributed by atoms with E-state index < -0.39 is 5.41 Å². The summed E-state index contributed by atoms with van der Waals surface area (Å²) in [6.45, 7) is 5.81. The van der Waals surface area contributed by atoms with Crippen molar-refractivity contribution in [2.75, 3.05) is 13.1 Å². The molecule has 0 aromatic carbocycles. The van der Waals surface area contributed by atoms with Crippen molar-refractivity contribution in [2.24, 2.45) is 11.1 Å². The molecule has 2 rings (SSSR count). The quantitative estimate of drug-likeness (QED) is 0.851. The van der Waals surface area contributed by atoms with Gasteiger partial charge in [0.2, 0.25) is 5.91 Å². The summed E-state index contributed by atoms with van der Waals surface area (Å²) in [5.74, 6) is 0.173. The van der Waals surface area contributed by atoms with Crippen LogP contribution in [0.1, 0.15) is 24.3 Å². The second-order valence-corrected chi connectivity index (χ2v) is 5.93. The lowest BCUT2D eigenvalue weighted by Gasteiger charge is -2.33. The summed E-state index contributed by atoms with van der Waals surface area (Å²) in [6, 6.07) is 2.12. The van der Waals surface area contributed by atoms with Gasteiger partial charge in [-0.3, -0.25) is 4.79 Å². The van der Waals surface area contributed by atoms with Crippen LogP contribution in [0.25, 0.3) is 0 Å². The third-order valence-electron chi connectivity index (χ3n) is 3.18. The van der Waals surface area contributed by atoms with E-state index in [2.05, 4.69) is 11.4 Å². The van der Waals surface area contributed by atoms with Crippen LogP contribution in [0.5, 0.6) is 0 Å². The van der Waals surface area contributed by atoms with Crippen molar-refractivity contribution < 1.29 is 4.79 Å². The molecule has 0 atom stereocenters. The molecule has 0 saturated heterocycles. The molecule has 0 fully saturated rings. The van der Waals surface area contributed by atoms with Gasteiger partial charge < -0.3 is 10.6 Å². The van der Waals surface area contributed by atoms with Crippen LogP contribution in [0.4, 0.5) is 0 Å². The smallest absolute Gasteiger partial charge is 0.229 e. The summed E-state index contributed by atoms with van der Waals surface area (Å²) in [5.41, 5.74) is 6.51. The monoisotopic (exact) mass is 238 g/mol. The number of thiophene rings is 1. The molecule has 1 aromatic rings. The fraction of sp³-hybridized carbons (Fsp3) is 0.583. The number of rotatable bonds is 2. The van der Waals surface area contributed by atoms with Gasteiger partial charge in [-0.15, -0.1) is 11.3 Å². The van der Waals surface area contributed by atoms with Crippen molar-refractivity contribution in [3.05, 3.63) is 21.9 Å². The Bertz CT molecular complexity index is 397. The van der Waals surface area contributed by atoms with Gasteiger partial charge in [0, 0.05) is 24.5 Å². The maximum absolute atomic E-state index is 12.2. The average Bonchev–Trinajstić information content (AvgIpc) is 2.74. The van der Waals surface area contributed by atoms with Gasteiger partial charge in [-0.25, -0.2) is 0 Å². The number of carbonyl (C=O) groups is 1. The first-order valence-corrected chi connectivity index (χ1v) is 6.47. The van der Waals surface area contributed by atoms with E-state index in [-0.39, 0.29) is 5.91 Å². The van der Waals surface area contributed by atoms with Gasteiger partial charge in [0.15, 0.2) is 0 Å². The molecule has 0 bridgehead atoms. The minimum atomic E-state index is -0.437. The Labute approximate surface area is 100 Å². The van der Waals surface area contributed by atoms with Crippen LogP contribution in [0.3, 0.4) is 0 Å². The van der Waals surface area contributed by atoms with E-state index in [0.717, 1.165) is 19.5 Å². The Morgan fingerprint density at radius 1 is 1.62 bits per heavy atom. The predicted octanol–water partition coefficient (Wildman–Crippen LogP) is 1.62. The molecule has 3 nitrogen and oxygen atoms in total. The lowest BCUT2D eigenvalue weighted by molar-refractivity contribution is -0.140. The van der Waals surface area contributed by atoms with Crippen molar-refractivity contribution in [2.45, 2.75) is 26.8 Å². The molecule has 88 valence electrons. The second kappa shape index (κ2) is 4.18. The van der Waals surface area contributed by atoms with Crippen LogP contribution < -0.4 is 5.73 Å². The molecule has 1 aliphatic rings. The van der Waals surface area contributed by atoms with Crippen LogP contribution in [0.15, 0.2) is 11.4 Å². The highest BCUT2D eigenvalue weighted by molar-refractivity contribution is 7.10. The van der Waals surface area contributed by atoms with Crippen LogP contribution >= 0.6 is 11.3 Å². The highest BCUT2D eigenvalue weighted by Crippen LogP contribution is 2.27. The average molecular weight is 238 g/mol. The molecule has 0 radical (unpaired) electrons. The van der Waals surface area contributed by atoms with Crippen LogP contribution in [0.2, 0.25) is 0 Å². The third kappa shape index (κ3) is 1.99. The van der Waals surface area contributed by atoms with E-state index in [1.165, 1.54) is 10.4 Å². The normalized spacial score (nSPS) is 16.1. The molecule has 0 saturated carbocycles. The number of fused-ring (bicyclic) bond motifs is 1. The SMILES string of the molecule is CC(C)(CN)C(=O)N1CCc2sccc2C1. The van der Waals surface area contributed by atoms with Gasteiger partial charge in [0.05, 0.1) is 5.41 Å². The van der Waals surface area contributed by atoms with Gasteiger partial charge in [-0.2, -0.15) is 0 Å². The molecule has 1 aromatic heterocycles. The Hall–Kier alpha value is -0.870. The fourth-order valence-electron chi connectivity index (χ4n) is 1.94. The van der Waals surface area contributed by atoms with Crippen molar-refractivity contribution in [3.63, 3.8) is 0 Å². The minimum absolute atomic E-state index is 0.173. The zero-order chi connectivity index (χ0) is 11.8. The summed E-state index contributed by atoms with van der Waals surface area (Å²) in [4.78, 5) is 15.6. The maximum atomic E-state index is 12.2. The highest BCUT2D eigenvalue weighted by atomic mass is 32.1. The zero-order valence-corrected chi connectivity index (χ0v) is 10.6. The van der Waals surface area contributed by atoms with E-state index >= 15 is 0 Å². The lowest BCUT2D eigenvalue weighted by Crippen LogP contribution is -2.46. The maximum Gasteiger partial charge on any atom is 0.229 e. The molecule has 16 heavy (non-hydrogen) atoms. The Morgan fingerprint density at radius 3 is 3.06 bits per heavy atom. The third-order valence-corrected chi connectivity index (χ3v) is 4.21. The molecule has 0 aliphatic carbocycles. The molecule has 4 heteroatoms. The van der Waals surface area contributed by atoms with Crippen molar-refractivity contribution >= 4 is 17.2 Å². The first-order chi connectivity index (χ1) is 7.54. The van der Waals surface area contributed by atoms with Gasteiger partial charge in [0.1, 0.15) is 0 Å². The summed E-state index contributed by atoms with van der Waals surface area (Å²) in [6.07, 6.45) is 0.986. The predicted molar refractivity (Wildman–Crippen MR) is 66.3 cm³/mol. The lowest BCUT2D eigenvalue weighted by atomic mass is 9.91. The second-order valence-electron chi connectivity index (χ2n) is 4.93. The number of hydrogen-bond acceptors (Lipinski definition) is 3. The van der Waals surface area contributed by atoms with E-state index in [9.17, 15) is 4.79 Å². The summed E-state index contributed by atoms with van der Waals surface area (Å²) in [7, 11) is 0. The van der Waals surface area contributed by atoms with Crippen LogP contribution in [-0.2, 0) is 17.8 Å². The zero-order valence-electron chi connectivity index (χ0n) is 9.82. The number of hydrogen-bond donors (Lipinski definition) is 1. The summed E-state index contributed by atoms with van der Waals surface area (Å²) >= 11 is 1.79. The molecule has 0 unspecified atom stereocenters. The molecular weight excluding hydrogens is 220 g/mol. The fourth-order valence-corrected chi connectivity index (χ4v) is 2.83.